The number of benzene rings is 1. The molecule has 2 N–H and O–H groups in total. The molecule has 0 radical (unpaired) electrons. The Hall–Kier alpha value is -2.28. The van der Waals surface area contributed by atoms with E-state index in [1.165, 1.54) is 24.1 Å². The Kier molecular flexibility index (Phi) is 6.48. The van der Waals surface area contributed by atoms with Crippen LogP contribution in [0.4, 0.5) is 0 Å². The number of nitrogens with zero attached hydrogens (tertiary/aromatic N) is 1. The van der Waals surface area contributed by atoms with E-state index < -0.39 is 11.9 Å². The summed E-state index contributed by atoms with van der Waals surface area (Å²) in [5.41, 5.74) is 0.0768. The number of amides is 1. The van der Waals surface area contributed by atoms with Crippen LogP contribution in [-0.4, -0.2) is 60.4 Å². The molecule has 0 unspecified atom stereocenters. The molecule has 116 valence electrons. The topological polar surface area (TPSA) is 96.3 Å². The summed E-state index contributed by atoms with van der Waals surface area (Å²) in [4.78, 5) is 25.1. The van der Waals surface area contributed by atoms with E-state index >= 15 is 0 Å². The fraction of sp³-hybridized carbons (Fsp3) is 0.429. The van der Waals surface area contributed by atoms with Crippen LogP contribution < -0.4 is 0 Å². The summed E-state index contributed by atoms with van der Waals surface area (Å²) in [6.07, 6.45) is 0. The lowest BCUT2D eigenvalue weighted by Gasteiger charge is -2.21. The van der Waals surface area contributed by atoms with Crippen LogP contribution in [0.25, 0.3) is 0 Å². The number of methoxy groups -OCH3 is 1. The molecule has 1 aromatic rings. The molecule has 1 aromatic carbocycles. The van der Waals surface area contributed by atoms with Gasteiger partial charge in [-0.25, -0.2) is 0 Å². The number of aromatic hydroxyl groups is 2. The van der Waals surface area contributed by atoms with E-state index in [1.54, 1.807) is 6.92 Å². The summed E-state index contributed by atoms with van der Waals surface area (Å²) < 4.78 is 9.72. The van der Waals surface area contributed by atoms with E-state index in [2.05, 4.69) is 0 Å². The number of rotatable bonds is 7. The Labute approximate surface area is 122 Å². The molecular weight excluding hydrogens is 278 g/mol. The van der Waals surface area contributed by atoms with Crippen molar-refractivity contribution >= 4 is 11.9 Å². The Balaban J connectivity index is 2.90. The number of hydrogen-bond donors (Lipinski definition) is 2. The molecule has 1 amide bonds. The monoisotopic (exact) mass is 297 g/mol. The smallest absolute Gasteiger partial charge is 0.325 e. The van der Waals surface area contributed by atoms with E-state index in [-0.39, 0.29) is 43.4 Å². The van der Waals surface area contributed by atoms with Crippen LogP contribution in [0.3, 0.4) is 0 Å². The minimum atomic E-state index is -0.536. The van der Waals surface area contributed by atoms with Crippen LogP contribution in [-0.2, 0) is 14.3 Å². The highest BCUT2D eigenvalue weighted by atomic mass is 16.5. The van der Waals surface area contributed by atoms with Gasteiger partial charge in [0.05, 0.1) is 13.2 Å². The van der Waals surface area contributed by atoms with Gasteiger partial charge in [-0.1, -0.05) is 0 Å². The van der Waals surface area contributed by atoms with Gasteiger partial charge in [0.2, 0.25) is 0 Å². The van der Waals surface area contributed by atoms with Crippen LogP contribution in [0, 0.1) is 0 Å². The van der Waals surface area contributed by atoms with E-state index in [4.69, 9.17) is 9.47 Å². The molecular formula is C14H19NO6. The Bertz CT molecular complexity index is 482. The summed E-state index contributed by atoms with van der Waals surface area (Å²) >= 11 is 0. The second-order valence-electron chi connectivity index (χ2n) is 4.26. The van der Waals surface area contributed by atoms with Gasteiger partial charge in [0, 0.05) is 25.3 Å². The molecule has 7 heteroatoms. The van der Waals surface area contributed by atoms with Crippen LogP contribution in [0.5, 0.6) is 11.5 Å². The average Bonchev–Trinajstić information content (AvgIpc) is 2.41. The zero-order chi connectivity index (χ0) is 15.8. The van der Waals surface area contributed by atoms with Crippen LogP contribution >= 0.6 is 0 Å². The molecule has 0 aromatic heterocycles. The van der Waals surface area contributed by atoms with E-state index in [1.807, 2.05) is 0 Å². The van der Waals surface area contributed by atoms with E-state index in [0.717, 1.165) is 6.07 Å². The van der Waals surface area contributed by atoms with Crippen molar-refractivity contribution in [1.29, 1.82) is 0 Å². The third-order valence-electron chi connectivity index (χ3n) is 2.63. The quantitative estimate of drug-likeness (QED) is 0.721. The fourth-order valence-electron chi connectivity index (χ4n) is 1.72. The molecule has 0 bridgehead atoms. The lowest BCUT2D eigenvalue weighted by atomic mass is 10.1. The first-order chi connectivity index (χ1) is 9.97. The molecule has 0 aliphatic carbocycles. The van der Waals surface area contributed by atoms with Gasteiger partial charge in [-0.2, -0.15) is 0 Å². The third kappa shape index (κ3) is 5.31. The summed E-state index contributed by atoms with van der Waals surface area (Å²) in [6.45, 7) is 2.09. The second-order valence-corrected chi connectivity index (χ2v) is 4.26. The van der Waals surface area contributed by atoms with Gasteiger partial charge in [0.1, 0.15) is 18.0 Å². The number of hydrogen-bond acceptors (Lipinski definition) is 6. The average molecular weight is 297 g/mol. The maximum absolute atomic E-state index is 12.3. The normalized spacial score (nSPS) is 10.2. The van der Waals surface area contributed by atoms with E-state index in [0.29, 0.717) is 0 Å². The molecule has 0 spiro atoms. The zero-order valence-electron chi connectivity index (χ0n) is 12.0. The first-order valence-electron chi connectivity index (χ1n) is 6.44. The van der Waals surface area contributed by atoms with Crippen molar-refractivity contribution in [1.82, 2.24) is 4.90 Å². The van der Waals surface area contributed by atoms with Crippen molar-refractivity contribution in [2.75, 3.05) is 33.4 Å². The highest BCUT2D eigenvalue weighted by molar-refractivity contribution is 5.96. The molecule has 0 fully saturated rings. The number of carbonyl (C=O) groups is 2. The SMILES string of the molecule is CCOC(=O)CN(CCOC)C(=O)c1cc(O)cc(O)c1. The van der Waals surface area contributed by atoms with Crippen molar-refractivity contribution < 1.29 is 29.3 Å². The minimum absolute atomic E-state index is 0.0768. The summed E-state index contributed by atoms with van der Waals surface area (Å²) in [7, 11) is 1.48. The molecule has 1 rings (SSSR count). The molecule has 7 nitrogen and oxygen atoms in total. The van der Waals surface area contributed by atoms with Crippen molar-refractivity contribution in [2.24, 2.45) is 0 Å². The Morgan fingerprint density at radius 1 is 1.19 bits per heavy atom. The molecule has 0 aliphatic heterocycles. The van der Waals surface area contributed by atoms with Crippen LogP contribution in [0.1, 0.15) is 17.3 Å². The van der Waals surface area contributed by atoms with Gasteiger partial charge < -0.3 is 24.6 Å². The first kappa shape index (κ1) is 16.8. The van der Waals surface area contributed by atoms with Crippen molar-refractivity contribution in [3.8, 4) is 11.5 Å². The van der Waals surface area contributed by atoms with Gasteiger partial charge in [-0.15, -0.1) is 0 Å². The van der Waals surface area contributed by atoms with Gasteiger partial charge >= 0.3 is 5.97 Å². The van der Waals surface area contributed by atoms with Gasteiger partial charge in [0.25, 0.3) is 5.91 Å². The van der Waals surface area contributed by atoms with Crippen LogP contribution in [0.2, 0.25) is 0 Å². The Morgan fingerprint density at radius 2 is 1.81 bits per heavy atom. The van der Waals surface area contributed by atoms with E-state index in [9.17, 15) is 19.8 Å². The van der Waals surface area contributed by atoms with Crippen molar-refractivity contribution in [3.05, 3.63) is 23.8 Å². The first-order valence-corrected chi connectivity index (χ1v) is 6.44. The van der Waals surface area contributed by atoms with Crippen LogP contribution in [0.15, 0.2) is 18.2 Å². The zero-order valence-corrected chi connectivity index (χ0v) is 12.0. The molecule has 0 aliphatic rings. The molecule has 0 heterocycles. The standard InChI is InChI=1S/C14H19NO6/c1-3-21-13(18)9-15(4-5-20-2)14(19)10-6-11(16)8-12(17)7-10/h6-8,16-17H,3-5,9H2,1-2H3. The fourth-order valence-corrected chi connectivity index (χ4v) is 1.72. The largest absolute Gasteiger partial charge is 0.508 e. The number of phenolic OH excluding ortho intramolecular Hbond substituents is 2. The number of esters is 1. The predicted octanol–water partition coefficient (Wildman–Crippen LogP) is 0.749. The van der Waals surface area contributed by atoms with Crippen molar-refractivity contribution in [2.45, 2.75) is 6.92 Å². The maximum atomic E-state index is 12.3. The summed E-state index contributed by atoms with van der Waals surface area (Å²) in [5.74, 6) is -1.51. The lowest BCUT2D eigenvalue weighted by molar-refractivity contribution is -0.143. The van der Waals surface area contributed by atoms with Gasteiger partial charge in [0.15, 0.2) is 0 Å². The van der Waals surface area contributed by atoms with Crippen molar-refractivity contribution in [3.63, 3.8) is 0 Å². The summed E-state index contributed by atoms with van der Waals surface area (Å²) in [5, 5.41) is 18.8. The molecule has 0 atom stereocenters. The predicted molar refractivity (Wildman–Crippen MR) is 74.2 cm³/mol. The lowest BCUT2D eigenvalue weighted by Crippen LogP contribution is -2.38. The molecule has 0 saturated heterocycles. The highest BCUT2D eigenvalue weighted by Gasteiger charge is 2.20. The number of ether oxygens (including phenoxy) is 2. The summed E-state index contributed by atoms with van der Waals surface area (Å²) in [6, 6.07) is 3.54. The molecule has 0 saturated carbocycles. The second kappa shape index (κ2) is 8.11. The minimum Gasteiger partial charge on any atom is -0.508 e. The number of carbonyl (C=O) groups excluding carboxylic acids is 2. The molecule has 21 heavy (non-hydrogen) atoms. The maximum Gasteiger partial charge on any atom is 0.325 e. The van der Waals surface area contributed by atoms with Gasteiger partial charge in [-0.05, 0) is 19.1 Å². The highest BCUT2D eigenvalue weighted by Crippen LogP contribution is 2.21. The van der Waals surface area contributed by atoms with Gasteiger partial charge in [-0.3, -0.25) is 9.59 Å². The third-order valence-corrected chi connectivity index (χ3v) is 2.63. The Morgan fingerprint density at radius 3 is 2.33 bits per heavy atom. The number of phenols is 2.